The first-order valence-corrected chi connectivity index (χ1v) is 7.46. The third kappa shape index (κ3) is 3.74. The molecule has 0 radical (unpaired) electrons. The highest BCUT2D eigenvalue weighted by Crippen LogP contribution is 2.18. The van der Waals surface area contributed by atoms with Crippen LogP contribution in [0.15, 0.2) is 35.1 Å². The van der Waals surface area contributed by atoms with Gasteiger partial charge < -0.3 is 14.6 Å². The van der Waals surface area contributed by atoms with Crippen molar-refractivity contribution in [1.82, 2.24) is 15.2 Å². The molecule has 0 bridgehead atoms. The molecule has 0 unspecified atom stereocenters. The Balaban J connectivity index is 2.08. The molecule has 1 amide bonds. The summed E-state index contributed by atoms with van der Waals surface area (Å²) in [5, 5.41) is 2.96. The molecule has 1 aromatic carbocycles. The second-order valence-electron chi connectivity index (χ2n) is 5.58. The zero-order chi connectivity index (χ0) is 16.1. The van der Waals surface area contributed by atoms with Crippen molar-refractivity contribution < 1.29 is 9.21 Å². The van der Waals surface area contributed by atoms with Crippen LogP contribution in [-0.4, -0.2) is 36.4 Å². The molecule has 2 aromatic rings. The van der Waals surface area contributed by atoms with Crippen LogP contribution in [0.2, 0.25) is 0 Å². The number of hydrogen-bond donors (Lipinski definition) is 1. The SMILES string of the molecule is CCc1ocnc1C(=O)NC[C@H](c1cccc(C)c1)N(C)C. The van der Waals surface area contributed by atoms with Gasteiger partial charge >= 0.3 is 0 Å². The summed E-state index contributed by atoms with van der Waals surface area (Å²) in [6.45, 7) is 4.52. The molecule has 0 saturated carbocycles. The van der Waals surface area contributed by atoms with Gasteiger partial charge in [0.05, 0.1) is 6.04 Å². The topological polar surface area (TPSA) is 58.4 Å². The van der Waals surface area contributed by atoms with Crippen LogP contribution in [-0.2, 0) is 6.42 Å². The standard InChI is InChI=1S/C17H23N3O2/c1-5-15-16(19-11-22-15)17(21)18-10-14(20(3)4)13-8-6-7-12(2)9-13/h6-9,11,14H,5,10H2,1-4H3,(H,18,21)/t14-/m1/s1. The second-order valence-corrected chi connectivity index (χ2v) is 5.58. The van der Waals surface area contributed by atoms with E-state index >= 15 is 0 Å². The van der Waals surface area contributed by atoms with E-state index in [2.05, 4.69) is 40.3 Å². The summed E-state index contributed by atoms with van der Waals surface area (Å²) < 4.78 is 5.21. The number of aryl methyl sites for hydroxylation is 2. The Labute approximate surface area is 131 Å². The summed E-state index contributed by atoms with van der Waals surface area (Å²) in [5.74, 6) is 0.430. The Hall–Kier alpha value is -2.14. The highest BCUT2D eigenvalue weighted by Gasteiger charge is 2.19. The zero-order valence-electron chi connectivity index (χ0n) is 13.6. The molecule has 0 spiro atoms. The summed E-state index contributed by atoms with van der Waals surface area (Å²) in [6, 6.07) is 8.44. The number of oxazole rings is 1. The van der Waals surface area contributed by atoms with Gasteiger partial charge in [-0.1, -0.05) is 36.8 Å². The zero-order valence-corrected chi connectivity index (χ0v) is 13.6. The Morgan fingerprint density at radius 3 is 2.82 bits per heavy atom. The van der Waals surface area contributed by atoms with Crippen molar-refractivity contribution in [3.05, 3.63) is 53.2 Å². The Bertz CT molecular complexity index is 634. The molecule has 0 aliphatic heterocycles. The Morgan fingerprint density at radius 2 is 2.18 bits per heavy atom. The fraction of sp³-hybridized carbons (Fsp3) is 0.412. The average Bonchev–Trinajstić information content (AvgIpc) is 2.95. The minimum absolute atomic E-state index is 0.112. The van der Waals surface area contributed by atoms with Gasteiger partial charge in [0.25, 0.3) is 5.91 Å². The number of benzene rings is 1. The highest BCUT2D eigenvalue weighted by atomic mass is 16.3. The van der Waals surface area contributed by atoms with Crippen LogP contribution < -0.4 is 5.32 Å². The third-order valence-electron chi connectivity index (χ3n) is 3.68. The van der Waals surface area contributed by atoms with Crippen LogP contribution in [0.25, 0.3) is 0 Å². The van der Waals surface area contributed by atoms with Crippen molar-refractivity contribution in [2.45, 2.75) is 26.3 Å². The fourth-order valence-electron chi connectivity index (χ4n) is 2.46. The summed E-state index contributed by atoms with van der Waals surface area (Å²) >= 11 is 0. The lowest BCUT2D eigenvalue weighted by Crippen LogP contribution is -2.35. The van der Waals surface area contributed by atoms with E-state index < -0.39 is 0 Å². The van der Waals surface area contributed by atoms with Gasteiger partial charge in [-0.15, -0.1) is 0 Å². The van der Waals surface area contributed by atoms with E-state index in [1.807, 2.05) is 27.1 Å². The molecule has 1 heterocycles. The van der Waals surface area contributed by atoms with E-state index in [1.54, 1.807) is 0 Å². The van der Waals surface area contributed by atoms with Crippen LogP contribution in [0.3, 0.4) is 0 Å². The minimum atomic E-state index is -0.190. The lowest BCUT2D eigenvalue weighted by molar-refractivity contribution is 0.0935. The number of nitrogens with zero attached hydrogens (tertiary/aromatic N) is 2. The minimum Gasteiger partial charge on any atom is -0.448 e. The van der Waals surface area contributed by atoms with Crippen molar-refractivity contribution in [2.24, 2.45) is 0 Å². The first kappa shape index (κ1) is 16.2. The Morgan fingerprint density at radius 1 is 1.41 bits per heavy atom. The van der Waals surface area contributed by atoms with E-state index in [1.165, 1.54) is 17.5 Å². The molecule has 2 rings (SSSR count). The number of aromatic nitrogens is 1. The predicted molar refractivity (Wildman–Crippen MR) is 85.8 cm³/mol. The molecule has 1 aromatic heterocycles. The van der Waals surface area contributed by atoms with Crippen molar-refractivity contribution in [1.29, 1.82) is 0 Å². The van der Waals surface area contributed by atoms with E-state index in [9.17, 15) is 4.79 Å². The molecule has 118 valence electrons. The van der Waals surface area contributed by atoms with Crippen LogP contribution >= 0.6 is 0 Å². The Kier molecular flexibility index (Phi) is 5.33. The summed E-state index contributed by atoms with van der Waals surface area (Å²) in [4.78, 5) is 18.4. The average molecular weight is 301 g/mol. The van der Waals surface area contributed by atoms with Crippen LogP contribution in [0.4, 0.5) is 0 Å². The van der Waals surface area contributed by atoms with Gasteiger partial charge in [-0.2, -0.15) is 0 Å². The monoisotopic (exact) mass is 301 g/mol. The van der Waals surface area contributed by atoms with Crippen LogP contribution in [0, 0.1) is 6.92 Å². The van der Waals surface area contributed by atoms with Crippen molar-refractivity contribution >= 4 is 5.91 Å². The van der Waals surface area contributed by atoms with Crippen molar-refractivity contribution in [3.63, 3.8) is 0 Å². The summed E-state index contributed by atoms with van der Waals surface area (Å²) in [6.07, 6.45) is 1.97. The molecule has 5 nitrogen and oxygen atoms in total. The molecule has 5 heteroatoms. The maximum absolute atomic E-state index is 12.3. The van der Waals surface area contributed by atoms with E-state index in [0.29, 0.717) is 24.4 Å². The molecule has 0 saturated heterocycles. The van der Waals surface area contributed by atoms with Gasteiger partial charge in [0.2, 0.25) is 0 Å². The largest absolute Gasteiger partial charge is 0.448 e. The van der Waals surface area contributed by atoms with Gasteiger partial charge in [0, 0.05) is 13.0 Å². The normalized spacial score (nSPS) is 12.4. The first-order chi connectivity index (χ1) is 10.5. The van der Waals surface area contributed by atoms with Crippen LogP contribution in [0.1, 0.15) is 40.3 Å². The molecular weight excluding hydrogens is 278 g/mol. The molecule has 0 aliphatic rings. The second kappa shape index (κ2) is 7.22. The fourth-order valence-corrected chi connectivity index (χ4v) is 2.46. The van der Waals surface area contributed by atoms with Gasteiger partial charge in [-0.3, -0.25) is 4.79 Å². The quantitative estimate of drug-likeness (QED) is 0.891. The molecule has 1 N–H and O–H groups in total. The number of nitrogens with one attached hydrogen (secondary N) is 1. The number of likely N-dealkylation sites (N-methyl/N-ethyl adjacent to an activating group) is 1. The smallest absolute Gasteiger partial charge is 0.273 e. The van der Waals surface area contributed by atoms with Crippen LogP contribution in [0.5, 0.6) is 0 Å². The van der Waals surface area contributed by atoms with Crippen molar-refractivity contribution in [2.75, 3.05) is 20.6 Å². The molecular formula is C17H23N3O2. The summed E-state index contributed by atoms with van der Waals surface area (Å²) in [5.41, 5.74) is 2.77. The van der Waals surface area contributed by atoms with E-state index in [4.69, 9.17) is 4.42 Å². The maximum atomic E-state index is 12.3. The summed E-state index contributed by atoms with van der Waals surface area (Å²) in [7, 11) is 4.01. The van der Waals surface area contributed by atoms with Gasteiger partial charge in [0.1, 0.15) is 5.76 Å². The number of rotatable bonds is 6. The number of amides is 1. The molecule has 0 fully saturated rings. The van der Waals surface area contributed by atoms with E-state index in [-0.39, 0.29) is 11.9 Å². The van der Waals surface area contributed by atoms with Crippen molar-refractivity contribution in [3.8, 4) is 0 Å². The molecule has 0 aliphatic carbocycles. The highest BCUT2D eigenvalue weighted by molar-refractivity contribution is 5.93. The number of carbonyl (C=O) groups is 1. The maximum Gasteiger partial charge on any atom is 0.273 e. The first-order valence-electron chi connectivity index (χ1n) is 7.46. The lowest BCUT2D eigenvalue weighted by atomic mass is 10.0. The number of carbonyl (C=O) groups excluding carboxylic acids is 1. The van der Waals surface area contributed by atoms with Gasteiger partial charge in [-0.25, -0.2) is 4.98 Å². The lowest BCUT2D eigenvalue weighted by Gasteiger charge is -2.25. The third-order valence-corrected chi connectivity index (χ3v) is 3.68. The van der Waals surface area contributed by atoms with Gasteiger partial charge in [-0.05, 0) is 26.6 Å². The number of hydrogen-bond acceptors (Lipinski definition) is 4. The molecule has 1 atom stereocenters. The predicted octanol–water partition coefficient (Wildman–Crippen LogP) is 2.58. The van der Waals surface area contributed by atoms with Gasteiger partial charge in [0.15, 0.2) is 12.1 Å². The van der Waals surface area contributed by atoms with E-state index in [0.717, 1.165) is 0 Å². The molecule has 22 heavy (non-hydrogen) atoms.